The van der Waals surface area contributed by atoms with Gasteiger partial charge in [0.15, 0.2) is 0 Å². The number of rotatable bonds is 4. The summed E-state index contributed by atoms with van der Waals surface area (Å²) in [7, 11) is 1.69. The van der Waals surface area contributed by atoms with Gasteiger partial charge >= 0.3 is 12.1 Å². The number of nitrogens with zero attached hydrogens (tertiary/aromatic N) is 2. The molecule has 1 aromatic heterocycles. The van der Waals surface area contributed by atoms with Crippen LogP contribution in [-0.2, 0) is 16.6 Å². The van der Waals surface area contributed by atoms with Gasteiger partial charge in [0.2, 0.25) is 11.5 Å². The number of aromatic nitrogens is 1. The van der Waals surface area contributed by atoms with Crippen LogP contribution in [0.4, 0.5) is 22.0 Å². The molecule has 0 aliphatic carbocycles. The van der Waals surface area contributed by atoms with E-state index in [0.717, 1.165) is 21.6 Å². The summed E-state index contributed by atoms with van der Waals surface area (Å²) in [4.78, 5) is 34.0. The fraction of sp³-hybridized carbons (Fsp3) is 0.409. The molecule has 3 rings (SSSR count). The van der Waals surface area contributed by atoms with Gasteiger partial charge in [0.25, 0.3) is 5.92 Å². The second kappa shape index (κ2) is 10.3. The van der Waals surface area contributed by atoms with Gasteiger partial charge in [-0.2, -0.15) is 13.2 Å². The predicted molar refractivity (Wildman–Crippen MR) is 113 cm³/mol. The number of hydrogen-bond donors (Lipinski definition) is 2. The summed E-state index contributed by atoms with van der Waals surface area (Å²) >= 11 is 0. The lowest BCUT2D eigenvalue weighted by molar-refractivity contribution is -0.192. The second-order valence-electron chi connectivity index (χ2n) is 7.97. The molecule has 7 nitrogen and oxygen atoms in total. The van der Waals surface area contributed by atoms with E-state index in [1.807, 2.05) is 31.2 Å². The molecule has 0 unspecified atom stereocenters. The first kappa shape index (κ1) is 27.0. The molecule has 1 aliphatic rings. The van der Waals surface area contributed by atoms with Crippen molar-refractivity contribution in [2.24, 2.45) is 12.8 Å². The summed E-state index contributed by atoms with van der Waals surface area (Å²) in [6.07, 6.45) is -3.64. The molecule has 1 aromatic carbocycles. The standard InChI is InChI=1S/C20H23F2N3O2.C2HF3O2/c1-13(18(23)19(27)25-10-9-20(21,22)12-25)14-3-5-15(6-4-14)16-7-8-17(26)24(2)11-16;3-2(4,5)1(6)7/h3-8,11,13,18H,9-10,12,23H2,1-2H3;(H,6,7)/t13-,18-;/m0./s1. The minimum Gasteiger partial charge on any atom is -0.475 e. The van der Waals surface area contributed by atoms with E-state index in [1.165, 1.54) is 10.6 Å². The molecular weight excluding hydrogens is 465 g/mol. The Morgan fingerprint density at radius 1 is 1.09 bits per heavy atom. The molecule has 3 N–H and O–H groups in total. The molecule has 0 saturated carbocycles. The van der Waals surface area contributed by atoms with Crippen molar-refractivity contribution in [3.63, 3.8) is 0 Å². The molecule has 2 atom stereocenters. The molecule has 12 heteroatoms. The summed E-state index contributed by atoms with van der Waals surface area (Å²) < 4.78 is 59.9. The molecule has 34 heavy (non-hydrogen) atoms. The van der Waals surface area contributed by atoms with Crippen LogP contribution in [0.15, 0.2) is 47.4 Å². The molecule has 1 amide bonds. The lowest BCUT2D eigenvalue weighted by Gasteiger charge is -2.25. The van der Waals surface area contributed by atoms with Gasteiger partial charge < -0.3 is 20.3 Å². The van der Waals surface area contributed by atoms with E-state index < -0.39 is 36.6 Å². The number of amides is 1. The van der Waals surface area contributed by atoms with E-state index in [1.54, 1.807) is 19.3 Å². The van der Waals surface area contributed by atoms with E-state index in [-0.39, 0.29) is 24.4 Å². The summed E-state index contributed by atoms with van der Waals surface area (Å²) in [5.74, 6) is -6.33. The van der Waals surface area contributed by atoms with Gasteiger partial charge in [-0.1, -0.05) is 31.2 Å². The summed E-state index contributed by atoms with van der Waals surface area (Å²) in [5, 5.41) is 7.12. The monoisotopic (exact) mass is 489 g/mol. The topological polar surface area (TPSA) is 106 Å². The molecule has 1 fully saturated rings. The number of carbonyl (C=O) groups excluding carboxylic acids is 1. The van der Waals surface area contributed by atoms with Crippen molar-refractivity contribution in [3.8, 4) is 11.1 Å². The Kier molecular flexibility index (Phi) is 8.19. The van der Waals surface area contributed by atoms with Crippen molar-refractivity contribution >= 4 is 11.9 Å². The van der Waals surface area contributed by atoms with E-state index in [0.29, 0.717) is 0 Å². The van der Waals surface area contributed by atoms with Gasteiger partial charge in [0.1, 0.15) is 0 Å². The van der Waals surface area contributed by atoms with Crippen molar-refractivity contribution in [2.45, 2.75) is 37.4 Å². The van der Waals surface area contributed by atoms with Crippen LogP contribution >= 0.6 is 0 Å². The highest BCUT2D eigenvalue weighted by molar-refractivity contribution is 5.83. The molecule has 0 spiro atoms. The van der Waals surface area contributed by atoms with Crippen LogP contribution in [0.2, 0.25) is 0 Å². The number of aryl methyl sites for hydroxylation is 1. The molecule has 0 radical (unpaired) electrons. The number of likely N-dealkylation sites (tertiary alicyclic amines) is 1. The van der Waals surface area contributed by atoms with Crippen LogP contribution in [0.5, 0.6) is 0 Å². The average molecular weight is 489 g/mol. The van der Waals surface area contributed by atoms with Gasteiger partial charge in [-0.05, 0) is 22.8 Å². The number of aliphatic carboxylic acids is 1. The van der Waals surface area contributed by atoms with Gasteiger partial charge in [-0.15, -0.1) is 0 Å². The molecule has 2 heterocycles. The highest BCUT2D eigenvalue weighted by Gasteiger charge is 2.42. The van der Waals surface area contributed by atoms with Crippen LogP contribution in [0, 0.1) is 0 Å². The number of carbonyl (C=O) groups is 2. The third-order valence-electron chi connectivity index (χ3n) is 5.40. The van der Waals surface area contributed by atoms with Crippen molar-refractivity contribution in [3.05, 3.63) is 58.5 Å². The maximum atomic E-state index is 13.3. The summed E-state index contributed by atoms with van der Waals surface area (Å²) in [6, 6.07) is 9.92. The lowest BCUT2D eigenvalue weighted by Crippen LogP contribution is -2.46. The zero-order chi connectivity index (χ0) is 25.8. The van der Waals surface area contributed by atoms with E-state index in [2.05, 4.69) is 0 Å². The van der Waals surface area contributed by atoms with Gasteiger partial charge in [-0.25, -0.2) is 13.6 Å². The van der Waals surface area contributed by atoms with Gasteiger partial charge in [0, 0.05) is 38.2 Å². The minimum atomic E-state index is -5.08. The molecule has 1 aliphatic heterocycles. The third-order valence-corrected chi connectivity index (χ3v) is 5.40. The van der Waals surface area contributed by atoms with Crippen molar-refractivity contribution in [1.29, 1.82) is 0 Å². The molecule has 1 saturated heterocycles. The Morgan fingerprint density at radius 2 is 1.62 bits per heavy atom. The van der Waals surface area contributed by atoms with E-state index in [9.17, 15) is 31.5 Å². The first-order chi connectivity index (χ1) is 15.6. The number of carboxylic acid groups (broad SMARTS) is 1. The maximum Gasteiger partial charge on any atom is 0.490 e. The van der Waals surface area contributed by atoms with Crippen LogP contribution in [0.3, 0.4) is 0 Å². The normalized spacial score (nSPS) is 16.9. The Hall–Kier alpha value is -3.28. The molecular formula is C22H24F5N3O4. The summed E-state index contributed by atoms with van der Waals surface area (Å²) in [6.45, 7) is 1.30. The number of alkyl halides is 5. The average Bonchev–Trinajstić information content (AvgIpc) is 3.13. The van der Waals surface area contributed by atoms with Crippen molar-refractivity contribution < 1.29 is 36.6 Å². The largest absolute Gasteiger partial charge is 0.490 e. The van der Waals surface area contributed by atoms with Crippen molar-refractivity contribution in [2.75, 3.05) is 13.1 Å². The SMILES string of the molecule is C[C@@H](c1ccc(-c2ccc(=O)n(C)c2)cc1)[C@H](N)C(=O)N1CCC(F)(F)C1.O=C(O)C(F)(F)F. The number of halogens is 5. The Labute approximate surface area is 191 Å². The second-order valence-corrected chi connectivity index (χ2v) is 7.97. The zero-order valence-electron chi connectivity index (χ0n) is 18.4. The van der Waals surface area contributed by atoms with Crippen LogP contribution < -0.4 is 11.3 Å². The van der Waals surface area contributed by atoms with Crippen LogP contribution in [-0.4, -0.2) is 57.7 Å². The summed E-state index contributed by atoms with van der Waals surface area (Å²) in [5.41, 5.74) is 8.68. The fourth-order valence-electron chi connectivity index (χ4n) is 3.30. The Morgan fingerprint density at radius 3 is 2.06 bits per heavy atom. The molecule has 186 valence electrons. The van der Waals surface area contributed by atoms with E-state index >= 15 is 0 Å². The Bertz CT molecular complexity index is 1080. The highest BCUT2D eigenvalue weighted by Crippen LogP contribution is 2.29. The smallest absolute Gasteiger partial charge is 0.475 e. The van der Waals surface area contributed by atoms with Gasteiger partial charge in [-0.3, -0.25) is 9.59 Å². The maximum absolute atomic E-state index is 13.3. The van der Waals surface area contributed by atoms with Crippen molar-refractivity contribution in [1.82, 2.24) is 9.47 Å². The Balaban J connectivity index is 0.000000509. The van der Waals surface area contributed by atoms with E-state index in [4.69, 9.17) is 15.6 Å². The first-order valence-corrected chi connectivity index (χ1v) is 10.1. The number of carboxylic acids is 1. The number of nitrogens with two attached hydrogens (primary N) is 1. The predicted octanol–water partition coefficient (Wildman–Crippen LogP) is 2.98. The zero-order valence-corrected chi connectivity index (χ0v) is 18.4. The third kappa shape index (κ3) is 6.86. The minimum absolute atomic E-state index is 0.0396. The molecule has 0 bridgehead atoms. The first-order valence-electron chi connectivity index (χ1n) is 10.1. The molecule has 2 aromatic rings. The highest BCUT2D eigenvalue weighted by atomic mass is 19.4. The number of pyridine rings is 1. The van der Waals surface area contributed by atoms with Gasteiger partial charge in [0.05, 0.1) is 12.6 Å². The lowest BCUT2D eigenvalue weighted by atomic mass is 9.91. The quantitative estimate of drug-likeness (QED) is 0.643. The van der Waals surface area contributed by atoms with Crippen LogP contribution in [0.1, 0.15) is 24.8 Å². The number of hydrogen-bond acceptors (Lipinski definition) is 4. The van der Waals surface area contributed by atoms with Crippen LogP contribution in [0.25, 0.3) is 11.1 Å². The number of benzene rings is 1. The fourth-order valence-corrected chi connectivity index (χ4v) is 3.30.